The third-order valence-corrected chi connectivity index (χ3v) is 6.34. The van der Waals surface area contributed by atoms with Gasteiger partial charge in [-0.3, -0.25) is 9.78 Å². The van der Waals surface area contributed by atoms with E-state index in [0.29, 0.717) is 12.1 Å². The smallest absolute Gasteiger partial charge is 0.444 e. The van der Waals surface area contributed by atoms with Gasteiger partial charge in [-0.2, -0.15) is 13.2 Å². The summed E-state index contributed by atoms with van der Waals surface area (Å²) in [7, 11) is 0. The maximum atomic E-state index is 14.5. The molecule has 2 amide bonds. The standard InChI is InChI=1S/C27H26F7N5O3/c1-26(2,3)42-25(41)36-15(8-14-9-18(29)19(30)11-17(14)28)10-22(40)38-6-7-39-21(13-38)23(37-24(39)27(32,33)34)16-4-5-35-12-20(16)31/h4-5,9,11-12,15H,6-8,10,13H2,1-3H3,(H,36,41)/t15-/m1/s1. The molecule has 1 aliphatic heterocycles. The fraction of sp³-hybridized carbons (Fsp3) is 0.407. The topological polar surface area (TPSA) is 89.4 Å². The van der Waals surface area contributed by atoms with E-state index in [1.807, 2.05) is 0 Å². The van der Waals surface area contributed by atoms with Gasteiger partial charge < -0.3 is 19.5 Å². The Morgan fingerprint density at radius 3 is 2.36 bits per heavy atom. The van der Waals surface area contributed by atoms with E-state index in [-0.39, 0.29) is 35.6 Å². The third-order valence-electron chi connectivity index (χ3n) is 6.34. The van der Waals surface area contributed by atoms with Gasteiger partial charge in [0, 0.05) is 43.4 Å². The van der Waals surface area contributed by atoms with Crippen molar-refractivity contribution in [1.82, 2.24) is 24.8 Å². The lowest BCUT2D eigenvalue weighted by Gasteiger charge is -2.31. The molecule has 0 bridgehead atoms. The van der Waals surface area contributed by atoms with Gasteiger partial charge in [-0.05, 0) is 44.9 Å². The minimum Gasteiger partial charge on any atom is -0.444 e. The number of alkyl carbamates (subject to hydrolysis) is 1. The van der Waals surface area contributed by atoms with Crippen LogP contribution in [0.4, 0.5) is 35.5 Å². The zero-order valence-corrected chi connectivity index (χ0v) is 22.7. The maximum Gasteiger partial charge on any atom is 0.449 e. The van der Waals surface area contributed by atoms with E-state index < -0.39 is 78.3 Å². The van der Waals surface area contributed by atoms with Crippen molar-refractivity contribution in [3.63, 3.8) is 0 Å². The van der Waals surface area contributed by atoms with Crippen molar-refractivity contribution in [2.45, 2.75) is 64.5 Å². The number of halogens is 7. The Labute approximate surface area is 235 Å². The predicted octanol–water partition coefficient (Wildman–Crippen LogP) is 5.39. The van der Waals surface area contributed by atoms with Gasteiger partial charge in [0.1, 0.15) is 11.4 Å². The van der Waals surface area contributed by atoms with E-state index in [9.17, 15) is 40.3 Å². The van der Waals surface area contributed by atoms with Crippen LogP contribution in [0.2, 0.25) is 0 Å². The third kappa shape index (κ3) is 6.99. The van der Waals surface area contributed by atoms with E-state index in [2.05, 4.69) is 15.3 Å². The van der Waals surface area contributed by atoms with E-state index in [4.69, 9.17) is 4.74 Å². The van der Waals surface area contributed by atoms with Gasteiger partial charge in [0.15, 0.2) is 17.5 Å². The Hall–Kier alpha value is -4.17. The summed E-state index contributed by atoms with van der Waals surface area (Å²) in [6.45, 7) is 3.84. The van der Waals surface area contributed by atoms with Crippen LogP contribution in [-0.4, -0.2) is 49.6 Å². The SMILES string of the molecule is CC(C)(C)OC(=O)N[C@@H](CC(=O)N1CCn2c(C(F)(F)F)nc(-c3ccncc3F)c2C1)Cc1cc(F)c(F)cc1F. The van der Waals surface area contributed by atoms with Crippen LogP contribution in [0.15, 0.2) is 30.6 Å². The highest BCUT2D eigenvalue weighted by molar-refractivity contribution is 5.78. The zero-order valence-electron chi connectivity index (χ0n) is 22.7. The van der Waals surface area contributed by atoms with E-state index in [0.717, 1.165) is 16.8 Å². The second kappa shape index (κ2) is 11.6. The molecule has 0 saturated heterocycles. The molecule has 2 aromatic heterocycles. The number of hydrogen-bond acceptors (Lipinski definition) is 5. The van der Waals surface area contributed by atoms with Gasteiger partial charge in [-0.15, -0.1) is 0 Å². The molecule has 3 heterocycles. The number of hydrogen-bond donors (Lipinski definition) is 1. The monoisotopic (exact) mass is 601 g/mol. The van der Waals surface area contributed by atoms with Gasteiger partial charge >= 0.3 is 12.3 Å². The van der Waals surface area contributed by atoms with Crippen molar-refractivity contribution in [3.05, 3.63) is 70.9 Å². The highest BCUT2D eigenvalue weighted by Gasteiger charge is 2.41. The van der Waals surface area contributed by atoms with Crippen LogP contribution < -0.4 is 5.32 Å². The lowest BCUT2D eigenvalue weighted by Crippen LogP contribution is -2.45. The Bertz CT molecular complexity index is 1500. The summed E-state index contributed by atoms with van der Waals surface area (Å²) in [6.07, 6.45) is -4.76. The van der Waals surface area contributed by atoms with Crippen LogP contribution in [0.5, 0.6) is 0 Å². The molecule has 0 fully saturated rings. The molecular formula is C27H26F7N5O3. The number of carbonyl (C=O) groups is 2. The number of alkyl halides is 3. The summed E-state index contributed by atoms with van der Waals surface area (Å²) in [5.74, 6) is -6.70. The molecule has 0 radical (unpaired) electrons. The normalized spacial score (nSPS) is 14.4. The molecule has 226 valence electrons. The van der Waals surface area contributed by atoms with E-state index in [1.165, 1.54) is 11.1 Å². The summed E-state index contributed by atoms with van der Waals surface area (Å²) in [5, 5.41) is 2.43. The first-order valence-corrected chi connectivity index (χ1v) is 12.7. The highest BCUT2D eigenvalue weighted by Crippen LogP contribution is 2.36. The minimum atomic E-state index is -4.86. The lowest BCUT2D eigenvalue weighted by molar-refractivity contribution is -0.148. The lowest BCUT2D eigenvalue weighted by atomic mass is 10.0. The van der Waals surface area contributed by atoms with Crippen LogP contribution in [0.25, 0.3) is 11.3 Å². The Balaban J connectivity index is 1.62. The van der Waals surface area contributed by atoms with Gasteiger partial charge in [-0.25, -0.2) is 27.3 Å². The van der Waals surface area contributed by atoms with Crippen molar-refractivity contribution < 1.29 is 45.1 Å². The van der Waals surface area contributed by atoms with Crippen molar-refractivity contribution in [2.24, 2.45) is 0 Å². The molecular weight excluding hydrogens is 575 g/mol. The average molecular weight is 602 g/mol. The molecule has 0 unspecified atom stereocenters. The molecule has 4 rings (SSSR count). The number of amides is 2. The second-order valence-electron chi connectivity index (χ2n) is 10.7. The van der Waals surface area contributed by atoms with Gasteiger partial charge in [0.05, 0.1) is 24.1 Å². The zero-order chi connectivity index (χ0) is 31.0. The summed E-state index contributed by atoms with van der Waals surface area (Å²) in [5.41, 5.74) is -1.89. The predicted molar refractivity (Wildman–Crippen MR) is 134 cm³/mol. The number of carbonyl (C=O) groups excluding carboxylic acids is 2. The number of pyridine rings is 1. The molecule has 0 saturated carbocycles. The molecule has 1 N–H and O–H groups in total. The first-order valence-electron chi connectivity index (χ1n) is 12.7. The molecule has 1 atom stereocenters. The van der Waals surface area contributed by atoms with E-state index >= 15 is 0 Å². The molecule has 42 heavy (non-hydrogen) atoms. The highest BCUT2D eigenvalue weighted by atomic mass is 19.4. The van der Waals surface area contributed by atoms with Crippen LogP contribution in [0.1, 0.15) is 44.3 Å². The quantitative estimate of drug-likeness (QED) is 0.303. The van der Waals surface area contributed by atoms with Crippen molar-refractivity contribution in [2.75, 3.05) is 6.54 Å². The first-order chi connectivity index (χ1) is 19.5. The number of aromatic nitrogens is 3. The fourth-order valence-corrected chi connectivity index (χ4v) is 4.55. The molecule has 0 spiro atoms. The van der Waals surface area contributed by atoms with Crippen molar-refractivity contribution in [3.8, 4) is 11.3 Å². The van der Waals surface area contributed by atoms with Gasteiger partial charge in [0.2, 0.25) is 11.7 Å². The molecule has 15 heteroatoms. The first kappa shape index (κ1) is 30.8. The number of ether oxygens (including phenoxy) is 1. The summed E-state index contributed by atoms with van der Waals surface area (Å²) >= 11 is 0. The molecule has 8 nitrogen and oxygen atoms in total. The van der Waals surface area contributed by atoms with Crippen molar-refractivity contribution in [1.29, 1.82) is 0 Å². The van der Waals surface area contributed by atoms with Crippen LogP contribution in [-0.2, 0) is 35.2 Å². The number of benzene rings is 1. The van der Waals surface area contributed by atoms with Gasteiger partial charge in [-0.1, -0.05) is 0 Å². The van der Waals surface area contributed by atoms with Crippen LogP contribution in [0, 0.1) is 23.3 Å². The number of rotatable bonds is 6. The molecule has 0 aliphatic carbocycles. The molecule has 1 aromatic carbocycles. The second-order valence-corrected chi connectivity index (χ2v) is 10.7. The summed E-state index contributed by atoms with van der Waals surface area (Å²) in [4.78, 5) is 34.3. The maximum absolute atomic E-state index is 14.5. The molecule has 3 aromatic rings. The number of fused-ring (bicyclic) bond motifs is 1. The number of imidazole rings is 1. The van der Waals surface area contributed by atoms with Crippen molar-refractivity contribution >= 4 is 12.0 Å². The molecule has 1 aliphatic rings. The number of nitrogens with one attached hydrogen (secondary N) is 1. The summed E-state index contributed by atoms with van der Waals surface area (Å²) in [6, 6.07) is 0.922. The van der Waals surface area contributed by atoms with E-state index in [1.54, 1.807) is 20.8 Å². The summed E-state index contributed by atoms with van der Waals surface area (Å²) < 4.78 is 104. The largest absolute Gasteiger partial charge is 0.449 e. The average Bonchev–Trinajstić information content (AvgIpc) is 3.25. The van der Waals surface area contributed by atoms with Crippen LogP contribution in [0.3, 0.4) is 0 Å². The Kier molecular flexibility index (Phi) is 8.51. The number of nitrogens with zero attached hydrogens (tertiary/aromatic N) is 4. The van der Waals surface area contributed by atoms with Crippen LogP contribution >= 0.6 is 0 Å². The Morgan fingerprint density at radius 1 is 1.02 bits per heavy atom. The fourth-order valence-electron chi connectivity index (χ4n) is 4.55. The minimum absolute atomic E-state index is 0.0738. The van der Waals surface area contributed by atoms with Gasteiger partial charge in [0.25, 0.3) is 0 Å². The Morgan fingerprint density at radius 2 is 1.71 bits per heavy atom.